The molecule has 0 aliphatic carbocycles. The van der Waals surface area contributed by atoms with Crippen molar-refractivity contribution in [3.8, 4) is 0 Å². The fraction of sp³-hybridized carbons (Fsp3) is 0.950. The van der Waals surface area contributed by atoms with E-state index in [0.717, 1.165) is 0 Å². The zero-order chi connectivity index (χ0) is 22.1. The van der Waals surface area contributed by atoms with Crippen LogP contribution in [-0.2, 0) is 38.0 Å². The minimum Gasteiger partial charge on any atom is -0.463 e. The second-order valence-corrected chi connectivity index (χ2v) is 6.18. The van der Waals surface area contributed by atoms with Crippen LogP contribution in [0.25, 0.3) is 0 Å². The van der Waals surface area contributed by atoms with Crippen LogP contribution in [-0.4, -0.2) is 115 Å². The van der Waals surface area contributed by atoms with Crippen molar-refractivity contribution in [3.05, 3.63) is 0 Å². The highest BCUT2D eigenvalue weighted by Crippen LogP contribution is 2.10. The summed E-state index contributed by atoms with van der Waals surface area (Å²) in [4.78, 5) is 12.1. The number of hydrogen-bond donors (Lipinski definition) is 2. The van der Waals surface area contributed by atoms with Crippen LogP contribution in [0, 0.1) is 5.92 Å². The van der Waals surface area contributed by atoms with E-state index in [0.29, 0.717) is 92.1 Å². The van der Waals surface area contributed by atoms with E-state index in [1.165, 1.54) is 0 Å². The van der Waals surface area contributed by atoms with Gasteiger partial charge in [-0.1, -0.05) is 6.92 Å². The van der Waals surface area contributed by atoms with Gasteiger partial charge in [0, 0.05) is 6.61 Å². The normalized spacial score (nSPS) is 12.2. The van der Waals surface area contributed by atoms with Crippen LogP contribution in [0.5, 0.6) is 0 Å². The molecule has 0 aromatic rings. The van der Waals surface area contributed by atoms with E-state index in [4.69, 9.17) is 43.4 Å². The van der Waals surface area contributed by atoms with Gasteiger partial charge in [0.2, 0.25) is 0 Å². The molecule has 10 heteroatoms. The zero-order valence-electron chi connectivity index (χ0n) is 18.3. The Bertz CT molecular complexity index is 356. The van der Waals surface area contributed by atoms with E-state index < -0.39 is 0 Å². The van der Waals surface area contributed by atoms with E-state index in [2.05, 4.69) is 0 Å². The first-order chi connectivity index (χ1) is 14.8. The van der Waals surface area contributed by atoms with Gasteiger partial charge in [0.1, 0.15) is 6.61 Å². The molecule has 10 nitrogen and oxygen atoms in total. The summed E-state index contributed by atoms with van der Waals surface area (Å²) in [5.74, 6) is -0.431. The van der Waals surface area contributed by atoms with Crippen molar-refractivity contribution in [2.75, 3.05) is 99.1 Å². The van der Waals surface area contributed by atoms with Gasteiger partial charge in [-0.2, -0.15) is 0 Å². The SMILES string of the molecule is CCC(CCOCCOCCOCCO)C(=O)OCCOCCOCCOCCO. The van der Waals surface area contributed by atoms with Crippen LogP contribution >= 0.6 is 0 Å². The summed E-state index contributed by atoms with van der Waals surface area (Å²) in [5.41, 5.74) is 0. The van der Waals surface area contributed by atoms with Crippen LogP contribution in [0.3, 0.4) is 0 Å². The minimum atomic E-state index is -0.237. The molecule has 0 heterocycles. The molecule has 30 heavy (non-hydrogen) atoms. The van der Waals surface area contributed by atoms with Gasteiger partial charge in [-0.25, -0.2) is 0 Å². The summed E-state index contributed by atoms with van der Waals surface area (Å²) >= 11 is 0. The Morgan fingerprint density at radius 3 is 1.37 bits per heavy atom. The fourth-order valence-corrected chi connectivity index (χ4v) is 2.25. The van der Waals surface area contributed by atoms with Crippen molar-refractivity contribution in [1.82, 2.24) is 0 Å². The van der Waals surface area contributed by atoms with Crippen molar-refractivity contribution in [3.63, 3.8) is 0 Å². The van der Waals surface area contributed by atoms with Crippen molar-refractivity contribution < 1.29 is 48.2 Å². The van der Waals surface area contributed by atoms with E-state index in [-0.39, 0.29) is 31.7 Å². The van der Waals surface area contributed by atoms with Crippen molar-refractivity contribution >= 4 is 5.97 Å². The molecule has 0 bridgehead atoms. The van der Waals surface area contributed by atoms with E-state index in [9.17, 15) is 4.79 Å². The highest BCUT2D eigenvalue weighted by atomic mass is 16.6. The lowest BCUT2D eigenvalue weighted by molar-refractivity contribution is -0.151. The molecule has 0 saturated heterocycles. The van der Waals surface area contributed by atoms with E-state index >= 15 is 0 Å². The van der Waals surface area contributed by atoms with Crippen molar-refractivity contribution in [2.24, 2.45) is 5.92 Å². The summed E-state index contributed by atoms with van der Waals surface area (Å²) in [6.45, 7) is 7.14. The van der Waals surface area contributed by atoms with Crippen molar-refractivity contribution in [2.45, 2.75) is 19.8 Å². The molecule has 0 rings (SSSR count). The number of rotatable bonds is 24. The Hall–Kier alpha value is -0.850. The summed E-state index contributed by atoms with van der Waals surface area (Å²) in [6.07, 6.45) is 1.29. The number of carbonyl (C=O) groups is 1. The molecule has 0 aromatic carbocycles. The first-order valence-corrected chi connectivity index (χ1v) is 10.6. The topological polar surface area (TPSA) is 122 Å². The lowest BCUT2D eigenvalue weighted by Gasteiger charge is -2.14. The molecule has 180 valence electrons. The second-order valence-electron chi connectivity index (χ2n) is 6.18. The Morgan fingerprint density at radius 1 is 0.600 bits per heavy atom. The van der Waals surface area contributed by atoms with Gasteiger partial charge in [-0.3, -0.25) is 4.79 Å². The zero-order valence-corrected chi connectivity index (χ0v) is 18.3. The molecule has 1 atom stereocenters. The fourth-order valence-electron chi connectivity index (χ4n) is 2.25. The Balaban J connectivity index is 3.46. The van der Waals surface area contributed by atoms with Crippen LogP contribution in [0.15, 0.2) is 0 Å². The molecule has 0 aliphatic rings. The molecule has 0 amide bonds. The molecule has 0 saturated carbocycles. The summed E-state index contributed by atoms with van der Waals surface area (Å²) in [7, 11) is 0. The first kappa shape index (κ1) is 29.1. The van der Waals surface area contributed by atoms with Crippen molar-refractivity contribution in [1.29, 1.82) is 0 Å². The number of ether oxygens (including phenoxy) is 7. The number of aliphatic hydroxyl groups is 2. The third kappa shape index (κ3) is 20.4. The molecule has 0 aromatic heterocycles. The van der Waals surface area contributed by atoms with E-state index in [1.807, 2.05) is 6.92 Å². The summed E-state index contributed by atoms with van der Waals surface area (Å²) in [6, 6.07) is 0. The average molecular weight is 441 g/mol. The predicted molar refractivity (Wildman–Crippen MR) is 108 cm³/mol. The minimum absolute atomic E-state index is 0.00613. The summed E-state index contributed by atoms with van der Waals surface area (Å²) in [5, 5.41) is 17.1. The van der Waals surface area contributed by atoms with Gasteiger partial charge < -0.3 is 43.4 Å². The number of aliphatic hydroxyl groups excluding tert-OH is 2. The van der Waals surface area contributed by atoms with Gasteiger partial charge in [0.15, 0.2) is 0 Å². The lowest BCUT2D eigenvalue weighted by atomic mass is 10.0. The maximum absolute atomic E-state index is 12.1. The highest BCUT2D eigenvalue weighted by Gasteiger charge is 2.17. The van der Waals surface area contributed by atoms with Crippen LogP contribution in [0.4, 0.5) is 0 Å². The largest absolute Gasteiger partial charge is 0.463 e. The Kier molecular flexibility index (Phi) is 23.7. The second kappa shape index (κ2) is 24.4. The monoisotopic (exact) mass is 440 g/mol. The molecule has 1 unspecified atom stereocenters. The van der Waals surface area contributed by atoms with Crippen LogP contribution < -0.4 is 0 Å². The molecular formula is C20H40O10. The predicted octanol–water partition coefficient (Wildman–Crippen LogP) is 0.0301. The Labute approximate surface area is 179 Å². The maximum atomic E-state index is 12.1. The van der Waals surface area contributed by atoms with Gasteiger partial charge in [-0.05, 0) is 12.8 Å². The smallest absolute Gasteiger partial charge is 0.309 e. The first-order valence-electron chi connectivity index (χ1n) is 10.6. The molecular weight excluding hydrogens is 400 g/mol. The van der Waals surface area contributed by atoms with E-state index in [1.54, 1.807) is 0 Å². The van der Waals surface area contributed by atoms with Gasteiger partial charge >= 0.3 is 5.97 Å². The van der Waals surface area contributed by atoms with Gasteiger partial charge in [-0.15, -0.1) is 0 Å². The third-order valence-corrected chi connectivity index (χ3v) is 3.87. The molecule has 0 spiro atoms. The number of carbonyl (C=O) groups excluding carboxylic acids is 1. The number of hydrogen-bond acceptors (Lipinski definition) is 10. The number of esters is 1. The van der Waals surface area contributed by atoms with Gasteiger partial charge in [0.05, 0.1) is 91.8 Å². The summed E-state index contributed by atoms with van der Waals surface area (Å²) < 4.78 is 36.8. The maximum Gasteiger partial charge on any atom is 0.309 e. The Morgan fingerprint density at radius 2 is 0.967 bits per heavy atom. The lowest BCUT2D eigenvalue weighted by Crippen LogP contribution is -2.21. The van der Waals surface area contributed by atoms with Crippen LogP contribution in [0.1, 0.15) is 19.8 Å². The van der Waals surface area contributed by atoms with Gasteiger partial charge in [0.25, 0.3) is 0 Å². The molecule has 2 N–H and O–H groups in total. The molecule has 0 radical (unpaired) electrons. The van der Waals surface area contributed by atoms with Crippen LogP contribution in [0.2, 0.25) is 0 Å². The third-order valence-electron chi connectivity index (χ3n) is 3.87. The average Bonchev–Trinajstić information content (AvgIpc) is 2.75. The highest BCUT2D eigenvalue weighted by molar-refractivity contribution is 5.72. The molecule has 0 aliphatic heterocycles. The molecule has 0 fully saturated rings. The standard InChI is InChI=1S/C20H40O10/c1-2-19(3-6-24-9-12-27-13-10-25-7-4-21)20(23)30-18-17-29-16-15-28-14-11-26-8-5-22/h19,21-22H,2-18H2,1H3. The quantitative estimate of drug-likeness (QED) is 0.157.